The highest BCUT2D eigenvalue weighted by atomic mass is 16.1. The number of anilines is 4. The molecule has 1 amide bonds. The van der Waals surface area contributed by atoms with Crippen LogP contribution in [0.5, 0.6) is 0 Å². The van der Waals surface area contributed by atoms with Crippen LogP contribution in [0.25, 0.3) is 22.2 Å². The van der Waals surface area contributed by atoms with Gasteiger partial charge in [0.05, 0.1) is 23.1 Å². The van der Waals surface area contributed by atoms with Gasteiger partial charge in [0.2, 0.25) is 11.9 Å². The molecular weight excluding hydrogens is 478 g/mol. The lowest BCUT2D eigenvalue weighted by Crippen LogP contribution is -2.22. The summed E-state index contributed by atoms with van der Waals surface area (Å²) >= 11 is 0. The number of carbonyl (C=O) groups is 1. The molecule has 10 heteroatoms. The van der Waals surface area contributed by atoms with E-state index in [-0.39, 0.29) is 5.91 Å². The molecule has 4 N–H and O–H groups in total. The van der Waals surface area contributed by atoms with E-state index in [2.05, 4.69) is 36.2 Å². The first-order valence-corrected chi connectivity index (χ1v) is 12.6. The van der Waals surface area contributed by atoms with Crippen molar-refractivity contribution < 1.29 is 4.79 Å². The Labute approximate surface area is 221 Å². The number of hydrogen-bond donors (Lipinski definition) is 4. The van der Waals surface area contributed by atoms with Crippen molar-refractivity contribution in [3.05, 3.63) is 73.2 Å². The minimum Gasteiger partial charge on any atom is -0.366 e. The van der Waals surface area contributed by atoms with Gasteiger partial charge < -0.3 is 26.2 Å². The van der Waals surface area contributed by atoms with Crippen LogP contribution in [0, 0.1) is 0 Å². The van der Waals surface area contributed by atoms with E-state index in [1.54, 1.807) is 24.7 Å². The summed E-state index contributed by atoms with van der Waals surface area (Å²) in [5, 5.41) is 13.8. The third-order valence-corrected chi connectivity index (χ3v) is 6.09. The number of fused-ring (bicyclic) bond motifs is 1. The maximum atomic E-state index is 12.3. The van der Waals surface area contributed by atoms with Gasteiger partial charge in [-0.1, -0.05) is 24.3 Å². The Hall–Kier alpha value is -4.41. The van der Waals surface area contributed by atoms with Crippen molar-refractivity contribution in [2.75, 3.05) is 49.7 Å². The van der Waals surface area contributed by atoms with Crippen molar-refractivity contribution in [3.63, 3.8) is 0 Å². The Kier molecular flexibility index (Phi) is 7.81. The average Bonchev–Trinajstić information content (AvgIpc) is 3.42. The van der Waals surface area contributed by atoms with Crippen molar-refractivity contribution in [1.82, 2.24) is 30.2 Å². The molecule has 0 spiro atoms. The van der Waals surface area contributed by atoms with Crippen molar-refractivity contribution in [1.29, 1.82) is 0 Å². The van der Waals surface area contributed by atoms with Crippen LogP contribution in [0.15, 0.2) is 73.2 Å². The molecule has 0 bridgehead atoms. The topological polar surface area (TPSA) is 120 Å². The van der Waals surface area contributed by atoms with Crippen molar-refractivity contribution in [2.24, 2.45) is 0 Å². The van der Waals surface area contributed by atoms with Gasteiger partial charge in [0, 0.05) is 54.2 Å². The number of rotatable bonds is 9. The molecule has 1 aliphatic heterocycles. The summed E-state index contributed by atoms with van der Waals surface area (Å²) in [7, 11) is 3.90. The quantitative estimate of drug-likeness (QED) is 0.251. The molecule has 1 atom stereocenters. The molecule has 4 aromatic rings. The fraction of sp³-hybridized carbons (Fsp3) is 0.250. The predicted molar refractivity (Wildman–Crippen MR) is 152 cm³/mol. The Bertz CT molecular complexity index is 1430. The predicted octanol–water partition coefficient (Wildman–Crippen LogP) is 3.66. The second-order valence-electron chi connectivity index (χ2n) is 9.41. The minimum atomic E-state index is -0.189. The summed E-state index contributed by atoms with van der Waals surface area (Å²) in [4.78, 5) is 32.6. The van der Waals surface area contributed by atoms with Crippen LogP contribution in [0.1, 0.15) is 6.42 Å². The van der Waals surface area contributed by atoms with Crippen LogP contribution in [-0.2, 0) is 4.79 Å². The zero-order valence-electron chi connectivity index (χ0n) is 21.5. The Balaban J connectivity index is 1.33. The van der Waals surface area contributed by atoms with E-state index in [0.717, 1.165) is 47.5 Å². The summed E-state index contributed by atoms with van der Waals surface area (Å²) in [6.07, 6.45) is 9.67. The van der Waals surface area contributed by atoms with Crippen molar-refractivity contribution in [2.45, 2.75) is 12.5 Å². The molecule has 3 aromatic heterocycles. The van der Waals surface area contributed by atoms with Gasteiger partial charge in [0.25, 0.3) is 0 Å². The number of pyridine rings is 2. The first-order chi connectivity index (χ1) is 18.5. The number of hydrogen-bond acceptors (Lipinski definition) is 9. The first kappa shape index (κ1) is 25.2. The van der Waals surface area contributed by atoms with E-state index < -0.39 is 0 Å². The average molecular weight is 510 g/mol. The third-order valence-electron chi connectivity index (χ3n) is 6.09. The summed E-state index contributed by atoms with van der Waals surface area (Å²) in [6, 6.07) is 13.8. The van der Waals surface area contributed by atoms with Gasteiger partial charge in [0.15, 0.2) is 0 Å². The molecule has 0 aliphatic carbocycles. The molecule has 194 valence electrons. The lowest BCUT2D eigenvalue weighted by molar-refractivity contribution is -0.111. The zero-order valence-corrected chi connectivity index (χ0v) is 21.5. The lowest BCUT2D eigenvalue weighted by Gasteiger charge is -2.13. The van der Waals surface area contributed by atoms with Crippen LogP contribution in [0.4, 0.5) is 23.1 Å². The molecule has 38 heavy (non-hydrogen) atoms. The highest BCUT2D eigenvalue weighted by Crippen LogP contribution is 2.28. The highest BCUT2D eigenvalue weighted by molar-refractivity contribution is 6.00. The Morgan fingerprint density at radius 3 is 2.82 bits per heavy atom. The van der Waals surface area contributed by atoms with E-state index in [1.165, 1.54) is 6.08 Å². The molecular formula is C28H31N9O. The van der Waals surface area contributed by atoms with E-state index in [4.69, 9.17) is 4.98 Å². The Morgan fingerprint density at radius 2 is 2.03 bits per heavy atom. The largest absolute Gasteiger partial charge is 0.366 e. The fourth-order valence-electron chi connectivity index (χ4n) is 4.20. The maximum absolute atomic E-state index is 12.3. The van der Waals surface area contributed by atoms with Crippen LogP contribution < -0.4 is 21.3 Å². The number of likely N-dealkylation sites (N-methyl/N-ethyl adjacent to an activating group) is 1. The van der Waals surface area contributed by atoms with E-state index in [9.17, 15) is 4.79 Å². The number of nitrogens with zero attached hydrogens (tertiary/aromatic N) is 5. The Morgan fingerprint density at radius 1 is 1.11 bits per heavy atom. The van der Waals surface area contributed by atoms with Gasteiger partial charge in [-0.15, -0.1) is 0 Å². The number of carbonyl (C=O) groups excluding carboxylic acids is 1. The molecule has 5 rings (SSSR count). The van der Waals surface area contributed by atoms with Crippen LogP contribution in [-0.4, -0.2) is 70.5 Å². The van der Waals surface area contributed by atoms with Gasteiger partial charge in [0.1, 0.15) is 5.82 Å². The summed E-state index contributed by atoms with van der Waals surface area (Å²) in [5.74, 6) is 1.12. The number of nitrogens with one attached hydrogen (secondary N) is 4. The summed E-state index contributed by atoms with van der Waals surface area (Å²) in [5.41, 5.74) is 3.75. The van der Waals surface area contributed by atoms with Gasteiger partial charge in [-0.3, -0.25) is 9.78 Å². The second kappa shape index (κ2) is 11.8. The van der Waals surface area contributed by atoms with E-state index in [0.29, 0.717) is 29.9 Å². The number of amides is 1. The number of aromatic nitrogens is 4. The molecule has 1 aliphatic rings. The molecule has 0 saturated carbocycles. The lowest BCUT2D eigenvalue weighted by atomic mass is 10.1. The van der Waals surface area contributed by atoms with E-state index in [1.807, 2.05) is 61.5 Å². The molecule has 1 fully saturated rings. The smallest absolute Gasteiger partial charge is 0.248 e. The first-order valence-electron chi connectivity index (χ1n) is 12.6. The zero-order chi connectivity index (χ0) is 26.3. The molecule has 1 saturated heterocycles. The van der Waals surface area contributed by atoms with Crippen molar-refractivity contribution in [3.8, 4) is 11.3 Å². The number of benzene rings is 1. The normalized spacial score (nSPS) is 15.3. The van der Waals surface area contributed by atoms with E-state index >= 15 is 0 Å². The second-order valence-corrected chi connectivity index (χ2v) is 9.41. The summed E-state index contributed by atoms with van der Waals surface area (Å²) in [6.45, 7) is 2.67. The molecule has 1 aromatic carbocycles. The van der Waals surface area contributed by atoms with Crippen LogP contribution >= 0.6 is 0 Å². The monoisotopic (exact) mass is 509 g/mol. The van der Waals surface area contributed by atoms with Crippen molar-refractivity contribution >= 4 is 40.0 Å². The number of para-hydroxylation sites is 1. The molecule has 10 nitrogen and oxygen atoms in total. The maximum Gasteiger partial charge on any atom is 0.248 e. The SMILES string of the molecule is CN(C)CC=CC(=O)Nc1ccnc(-c2cccc3cnc(Nc4ccc(NC5CCNC5)nc4)nc23)c1. The van der Waals surface area contributed by atoms with Crippen LogP contribution in [0.2, 0.25) is 0 Å². The highest BCUT2D eigenvalue weighted by Gasteiger charge is 2.14. The van der Waals surface area contributed by atoms with Gasteiger partial charge in [-0.2, -0.15) is 0 Å². The minimum absolute atomic E-state index is 0.189. The van der Waals surface area contributed by atoms with Gasteiger partial charge >= 0.3 is 0 Å². The van der Waals surface area contributed by atoms with Gasteiger partial charge in [-0.05, 0) is 51.3 Å². The molecule has 0 radical (unpaired) electrons. The third kappa shape index (κ3) is 6.47. The molecule has 4 heterocycles. The molecule has 1 unspecified atom stereocenters. The fourth-order valence-corrected chi connectivity index (χ4v) is 4.20. The standard InChI is InChI=1S/C28H31N9O/c1-37(2)14-4-7-26(38)34-20-11-13-30-24(15-20)23-6-3-5-19-16-32-28(36-27(19)23)35-21-8-9-25(31-18-21)33-22-10-12-29-17-22/h3-9,11,13,15-16,18,22,29H,10,12,14,17H2,1-2H3,(H,31,33)(H,30,34,38)(H,32,35,36). The van der Waals surface area contributed by atoms with Gasteiger partial charge in [-0.25, -0.2) is 15.0 Å². The summed E-state index contributed by atoms with van der Waals surface area (Å²) < 4.78 is 0. The van der Waals surface area contributed by atoms with Crippen LogP contribution in [0.3, 0.4) is 0 Å².